The standard InChI is InChI=1S/C39H40FN5O4Si/c1-26-36(50(2,3)40)35(21-22-44-24-33(42-43-44)31(25-46)27-13-7-4-8-14-27)49-39(26)32-23-29(41-37(47)28-15-9-5-10-16-28)19-20-34(32)45(38(39)48)30-17-11-6-12-18-30/h4-20,23-24,26,31,35-36,46H,21-22,25H2,1-3H3,(H,41,47)/t26-,31?,35+,36-,39+/m1/s1. The Hall–Kier alpha value is -4.97. The third-order valence-corrected chi connectivity index (χ3v) is 12.6. The summed E-state index contributed by atoms with van der Waals surface area (Å²) in [4.78, 5) is 29.7. The minimum absolute atomic E-state index is 0.120. The molecule has 11 heteroatoms. The lowest BCUT2D eigenvalue weighted by atomic mass is 9.82. The molecule has 256 valence electrons. The first-order valence-corrected chi connectivity index (χ1v) is 19.9. The molecule has 5 atom stereocenters. The molecular weight excluding hydrogens is 650 g/mol. The fraction of sp³-hybridized carbons (Fsp3) is 0.282. The van der Waals surface area contributed by atoms with Crippen LogP contribution in [-0.4, -0.2) is 53.0 Å². The SMILES string of the molecule is C[C@@H]1[C@@H]([Si](C)(C)F)[C@H](CCn2cc(C(CO)c3ccccc3)nn2)O[C@@]12C(=O)N(c1ccccc1)c1ccc(NC(=O)c3ccccc3)cc12. The average molecular weight is 690 g/mol. The molecule has 1 unspecified atom stereocenters. The van der Waals surface area contributed by atoms with E-state index in [4.69, 9.17) is 4.74 Å². The largest absolute Gasteiger partial charge is 0.395 e. The Kier molecular flexibility index (Phi) is 8.98. The van der Waals surface area contributed by atoms with Crippen LogP contribution < -0.4 is 10.2 Å². The fourth-order valence-electron chi connectivity index (χ4n) is 7.84. The predicted octanol–water partition coefficient (Wildman–Crippen LogP) is 7.20. The van der Waals surface area contributed by atoms with Crippen molar-refractivity contribution in [1.82, 2.24) is 15.0 Å². The number of benzene rings is 4. The van der Waals surface area contributed by atoms with Crippen molar-refractivity contribution in [2.45, 2.75) is 56.1 Å². The van der Waals surface area contributed by atoms with Crippen LogP contribution in [0.2, 0.25) is 18.6 Å². The third-order valence-electron chi connectivity index (χ3n) is 10.1. The van der Waals surface area contributed by atoms with Gasteiger partial charge in [0.05, 0.1) is 30.0 Å². The fourth-order valence-corrected chi connectivity index (χ4v) is 10.4. The van der Waals surface area contributed by atoms with Gasteiger partial charge in [-0.1, -0.05) is 78.9 Å². The van der Waals surface area contributed by atoms with Crippen LogP contribution in [0.25, 0.3) is 0 Å². The topological polar surface area (TPSA) is 110 Å². The maximum Gasteiger partial charge on any atom is 0.268 e. The zero-order chi connectivity index (χ0) is 35.0. The van der Waals surface area contributed by atoms with Crippen LogP contribution in [0, 0.1) is 5.92 Å². The maximum absolute atomic E-state index is 16.5. The van der Waals surface area contributed by atoms with Gasteiger partial charge in [0, 0.05) is 46.7 Å². The van der Waals surface area contributed by atoms with Gasteiger partial charge in [0.25, 0.3) is 11.8 Å². The Morgan fingerprint density at radius 3 is 2.32 bits per heavy atom. The number of halogens is 1. The molecule has 2 N–H and O–H groups in total. The molecule has 7 rings (SSSR count). The number of ether oxygens (including phenoxy) is 1. The summed E-state index contributed by atoms with van der Waals surface area (Å²) in [5.41, 5.74) is 2.51. The Balaban J connectivity index is 1.23. The summed E-state index contributed by atoms with van der Waals surface area (Å²) in [6, 6.07) is 33.3. The minimum atomic E-state index is -3.42. The summed E-state index contributed by atoms with van der Waals surface area (Å²) in [6.07, 6.45) is 1.61. The number of carbonyl (C=O) groups is 2. The molecular formula is C39H40FN5O4Si. The highest BCUT2D eigenvalue weighted by atomic mass is 28.4. The number of aliphatic hydroxyl groups excluding tert-OH is 1. The van der Waals surface area contributed by atoms with E-state index in [0.717, 1.165) is 5.56 Å². The quantitative estimate of drug-likeness (QED) is 0.119. The molecule has 1 aromatic heterocycles. The number of aryl methyl sites for hydroxylation is 1. The Morgan fingerprint density at radius 2 is 1.66 bits per heavy atom. The highest BCUT2D eigenvalue weighted by Crippen LogP contribution is 2.61. The van der Waals surface area contributed by atoms with E-state index in [0.29, 0.717) is 46.8 Å². The zero-order valence-corrected chi connectivity index (χ0v) is 29.2. The normalized spacial score (nSPS) is 22.1. The van der Waals surface area contributed by atoms with E-state index in [1.807, 2.05) is 92.0 Å². The number of carbonyl (C=O) groups excluding carboxylic acids is 2. The van der Waals surface area contributed by atoms with Crippen LogP contribution in [0.5, 0.6) is 0 Å². The predicted molar refractivity (Wildman–Crippen MR) is 192 cm³/mol. The van der Waals surface area contributed by atoms with Crippen molar-refractivity contribution in [2.75, 3.05) is 16.8 Å². The lowest BCUT2D eigenvalue weighted by Gasteiger charge is -2.31. The van der Waals surface area contributed by atoms with Crippen LogP contribution >= 0.6 is 0 Å². The van der Waals surface area contributed by atoms with Gasteiger partial charge in [-0.2, -0.15) is 0 Å². The smallest absolute Gasteiger partial charge is 0.268 e. The average Bonchev–Trinajstić information content (AvgIpc) is 3.78. The lowest BCUT2D eigenvalue weighted by Crippen LogP contribution is -2.44. The van der Waals surface area contributed by atoms with Crippen LogP contribution in [0.3, 0.4) is 0 Å². The van der Waals surface area contributed by atoms with E-state index >= 15 is 4.11 Å². The van der Waals surface area contributed by atoms with Gasteiger partial charge in [0.2, 0.25) is 8.41 Å². The van der Waals surface area contributed by atoms with Crippen LogP contribution in [0.4, 0.5) is 21.2 Å². The number of para-hydroxylation sites is 1. The van der Waals surface area contributed by atoms with Gasteiger partial charge >= 0.3 is 0 Å². The summed E-state index contributed by atoms with van der Waals surface area (Å²) >= 11 is 0. The van der Waals surface area contributed by atoms with Crippen molar-refractivity contribution in [3.05, 3.63) is 138 Å². The molecule has 0 radical (unpaired) electrons. The van der Waals surface area contributed by atoms with Crippen molar-refractivity contribution >= 4 is 37.3 Å². The monoisotopic (exact) mass is 689 g/mol. The molecule has 9 nitrogen and oxygen atoms in total. The van der Waals surface area contributed by atoms with E-state index in [2.05, 4.69) is 15.6 Å². The second-order valence-electron chi connectivity index (χ2n) is 13.6. The molecule has 0 aliphatic carbocycles. The summed E-state index contributed by atoms with van der Waals surface area (Å²) < 4.78 is 25.1. The second kappa shape index (κ2) is 13.4. The number of aliphatic hydroxyl groups is 1. The molecule has 2 aliphatic rings. The number of fused-ring (bicyclic) bond motifs is 2. The number of aromatic nitrogens is 3. The summed E-state index contributed by atoms with van der Waals surface area (Å²) in [7, 11) is -3.42. The van der Waals surface area contributed by atoms with E-state index in [-0.39, 0.29) is 24.3 Å². The summed E-state index contributed by atoms with van der Waals surface area (Å²) in [6.45, 7) is 5.53. The molecule has 2 aliphatic heterocycles. The molecule has 1 fully saturated rings. The Bertz CT molecular complexity index is 1990. The lowest BCUT2D eigenvalue weighted by molar-refractivity contribution is -0.145. The molecule has 1 spiro atoms. The van der Waals surface area contributed by atoms with Gasteiger partial charge < -0.3 is 19.3 Å². The molecule has 2 amide bonds. The number of nitrogens with zero attached hydrogens (tertiary/aromatic N) is 4. The van der Waals surface area contributed by atoms with Crippen LogP contribution in [0.15, 0.2) is 115 Å². The summed E-state index contributed by atoms with van der Waals surface area (Å²) in [5, 5.41) is 21.8. The highest BCUT2D eigenvalue weighted by Gasteiger charge is 2.67. The first-order chi connectivity index (χ1) is 24.1. The number of anilines is 3. The number of hydrogen-bond donors (Lipinski definition) is 2. The van der Waals surface area contributed by atoms with Gasteiger partial charge in [-0.15, -0.1) is 5.10 Å². The van der Waals surface area contributed by atoms with E-state index in [1.165, 1.54) is 0 Å². The number of amides is 2. The highest BCUT2D eigenvalue weighted by molar-refractivity contribution is 6.72. The van der Waals surface area contributed by atoms with Crippen molar-refractivity contribution < 1.29 is 23.5 Å². The number of rotatable bonds is 10. The Morgan fingerprint density at radius 1 is 1.00 bits per heavy atom. The van der Waals surface area contributed by atoms with Crippen molar-refractivity contribution in [3.8, 4) is 0 Å². The van der Waals surface area contributed by atoms with Crippen LogP contribution in [-0.2, 0) is 21.7 Å². The molecule has 3 heterocycles. The third kappa shape index (κ3) is 5.95. The molecule has 5 aromatic rings. The van der Waals surface area contributed by atoms with Gasteiger partial charge in [0.15, 0.2) is 5.60 Å². The molecule has 50 heavy (non-hydrogen) atoms. The first kappa shape index (κ1) is 33.5. The molecule has 4 aromatic carbocycles. The minimum Gasteiger partial charge on any atom is -0.395 e. The van der Waals surface area contributed by atoms with Crippen molar-refractivity contribution in [2.24, 2.45) is 5.92 Å². The second-order valence-corrected chi connectivity index (χ2v) is 17.4. The molecule has 1 saturated heterocycles. The zero-order valence-electron chi connectivity index (χ0n) is 28.2. The number of hydrogen-bond acceptors (Lipinski definition) is 6. The van der Waals surface area contributed by atoms with E-state index in [9.17, 15) is 14.7 Å². The summed E-state index contributed by atoms with van der Waals surface area (Å²) in [5.74, 6) is -1.39. The maximum atomic E-state index is 16.5. The number of nitrogens with one attached hydrogen (secondary N) is 1. The Labute approximate surface area is 291 Å². The van der Waals surface area contributed by atoms with E-state index in [1.54, 1.807) is 53.0 Å². The molecule has 0 bridgehead atoms. The van der Waals surface area contributed by atoms with Crippen molar-refractivity contribution in [3.63, 3.8) is 0 Å². The van der Waals surface area contributed by atoms with Crippen molar-refractivity contribution in [1.29, 1.82) is 0 Å². The van der Waals surface area contributed by atoms with E-state index < -0.39 is 31.6 Å². The van der Waals surface area contributed by atoms with Gasteiger partial charge in [0.1, 0.15) is 0 Å². The van der Waals surface area contributed by atoms with Gasteiger partial charge in [-0.25, -0.2) is 0 Å². The van der Waals surface area contributed by atoms with Gasteiger partial charge in [-0.3, -0.25) is 19.2 Å². The van der Waals surface area contributed by atoms with Gasteiger partial charge in [-0.05, 0) is 67.5 Å². The van der Waals surface area contributed by atoms with Crippen LogP contribution in [0.1, 0.15) is 46.4 Å². The first-order valence-electron chi connectivity index (χ1n) is 16.9. The molecule has 0 saturated carbocycles.